The van der Waals surface area contributed by atoms with Gasteiger partial charge in [0.2, 0.25) is 5.88 Å². The number of amides is 1. The van der Waals surface area contributed by atoms with Crippen molar-refractivity contribution in [2.24, 2.45) is 0 Å². The second-order valence-corrected chi connectivity index (χ2v) is 4.89. The maximum atomic E-state index is 11.7. The highest BCUT2D eigenvalue weighted by Gasteiger charge is 2.18. The first-order valence-electron chi connectivity index (χ1n) is 7.35. The average Bonchev–Trinajstić information content (AvgIpc) is 3.03. The molecule has 23 heavy (non-hydrogen) atoms. The number of aromatic nitrogens is 3. The van der Waals surface area contributed by atoms with Gasteiger partial charge in [0, 0.05) is 12.1 Å². The highest BCUT2D eigenvalue weighted by atomic mass is 16.5. The molecule has 0 radical (unpaired) electrons. The van der Waals surface area contributed by atoms with E-state index in [9.17, 15) is 4.79 Å². The number of carbonyl (C=O) groups excluding carboxylic acids is 1. The van der Waals surface area contributed by atoms with Crippen LogP contribution in [0.4, 0.5) is 0 Å². The summed E-state index contributed by atoms with van der Waals surface area (Å²) in [5.74, 6) is 0.0816. The van der Waals surface area contributed by atoms with Crippen LogP contribution < -0.4 is 10.1 Å². The fraction of sp³-hybridized carbons (Fsp3) is 0.250. The third kappa shape index (κ3) is 3.28. The molecule has 3 aromatic rings. The molecule has 2 aromatic heterocycles. The van der Waals surface area contributed by atoms with Gasteiger partial charge in [-0.3, -0.25) is 4.79 Å². The topological polar surface area (TPSA) is 90.1 Å². The molecule has 0 aliphatic carbocycles. The van der Waals surface area contributed by atoms with Gasteiger partial charge >= 0.3 is 0 Å². The lowest BCUT2D eigenvalue weighted by Gasteiger charge is -2.06. The normalized spacial score (nSPS) is 10.7. The van der Waals surface area contributed by atoms with Crippen LogP contribution in [0.2, 0.25) is 0 Å². The molecular formula is C16H16N4O3. The maximum Gasteiger partial charge on any atom is 0.265 e. The van der Waals surface area contributed by atoms with Crippen LogP contribution in [-0.2, 0) is 4.79 Å². The highest BCUT2D eigenvalue weighted by Crippen LogP contribution is 2.32. The number of rotatable bonds is 6. The molecule has 1 aromatic carbocycles. The van der Waals surface area contributed by atoms with E-state index in [0.717, 1.165) is 12.0 Å². The molecule has 0 spiro atoms. The van der Waals surface area contributed by atoms with Crippen molar-refractivity contribution in [3.05, 3.63) is 36.7 Å². The van der Waals surface area contributed by atoms with Crippen molar-refractivity contribution < 1.29 is 14.1 Å². The van der Waals surface area contributed by atoms with Crippen LogP contribution in [0.25, 0.3) is 22.4 Å². The smallest absolute Gasteiger partial charge is 0.265 e. The minimum absolute atomic E-state index is 0.120. The number of hydrogen-bond acceptors (Lipinski definition) is 6. The molecule has 118 valence electrons. The van der Waals surface area contributed by atoms with E-state index < -0.39 is 0 Å². The van der Waals surface area contributed by atoms with Crippen molar-refractivity contribution in [1.29, 1.82) is 0 Å². The number of nitrogens with one attached hydrogen (secondary N) is 1. The zero-order valence-electron chi connectivity index (χ0n) is 12.7. The minimum atomic E-state index is -0.198. The van der Waals surface area contributed by atoms with Crippen LogP contribution in [0.3, 0.4) is 0 Å². The van der Waals surface area contributed by atoms with Gasteiger partial charge in [-0.2, -0.15) is 4.98 Å². The van der Waals surface area contributed by atoms with Crippen molar-refractivity contribution in [2.75, 3.05) is 13.2 Å². The molecule has 1 amide bonds. The Morgan fingerprint density at radius 1 is 1.26 bits per heavy atom. The van der Waals surface area contributed by atoms with E-state index in [-0.39, 0.29) is 18.4 Å². The third-order valence-corrected chi connectivity index (χ3v) is 3.20. The van der Waals surface area contributed by atoms with Crippen LogP contribution in [0, 0.1) is 0 Å². The molecule has 1 N–H and O–H groups in total. The molecule has 7 heteroatoms. The molecule has 0 saturated carbocycles. The van der Waals surface area contributed by atoms with E-state index >= 15 is 0 Å². The Morgan fingerprint density at radius 2 is 2.09 bits per heavy atom. The Bertz CT molecular complexity index is 801. The lowest BCUT2D eigenvalue weighted by atomic mass is 10.1. The van der Waals surface area contributed by atoms with Crippen molar-refractivity contribution in [3.8, 4) is 17.1 Å². The number of carbonyl (C=O) groups is 1. The van der Waals surface area contributed by atoms with E-state index in [4.69, 9.17) is 9.26 Å². The third-order valence-electron chi connectivity index (χ3n) is 3.20. The quantitative estimate of drug-likeness (QED) is 0.750. The lowest BCUT2D eigenvalue weighted by molar-refractivity contribution is -0.123. The zero-order chi connectivity index (χ0) is 16.1. The van der Waals surface area contributed by atoms with Crippen LogP contribution in [0.15, 0.2) is 41.2 Å². The number of fused-ring (bicyclic) bond motifs is 1. The predicted molar refractivity (Wildman–Crippen MR) is 83.8 cm³/mol. The van der Waals surface area contributed by atoms with Crippen molar-refractivity contribution in [3.63, 3.8) is 0 Å². The van der Waals surface area contributed by atoms with Gasteiger partial charge in [0.25, 0.3) is 11.6 Å². The molecular weight excluding hydrogens is 296 g/mol. The summed E-state index contributed by atoms with van der Waals surface area (Å²) in [4.78, 5) is 19.8. The second-order valence-electron chi connectivity index (χ2n) is 4.89. The first-order chi connectivity index (χ1) is 11.3. The first kappa shape index (κ1) is 15.0. The standard InChI is InChI=1S/C16H16N4O3/c1-2-8-17-12(21)9-22-15-13-14(11-6-4-3-5-7-11)20-23-16(13)19-10-18-15/h3-7,10H,2,8-9H2,1H3,(H,17,21). The predicted octanol–water partition coefficient (Wildman–Crippen LogP) is 2.19. The molecule has 0 aliphatic heterocycles. The van der Waals surface area contributed by atoms with Crippen LogP contribution in [-0.4, -0.2) is 34.2 Å². The molecule has 0 unspecified atom stereocenters. The Balaban J connectivity index is 1.89. The van der Waals surface area contributed by atoms with E-state index in [1.807, 2.05) is 37.3 Å². The number of ether oxygens (including phenoxy) is 1. The Morgan fingerprint density at radius 3 is 2.87 bits per heavy atom. The van der Waals surface area contributed by atoms with Gasteiger partial charge in [-0.1, -0.05) is 42.4 Å². The van der Waals surface area contributed by atoms with Gasteiger partial charge in [-0.25, -0.2) is 4.98 Å². The first-order valence-corrected chi connectivity index (χ1v) is 7.35. The molecule has 2 heterocycles. The summed E-state index contributed by atoms with van der Waals surface area (Å²) in [7, 11) is 0. The Kier molecular flexibility index (Phi) is 4.46. The van der Waals surface area contributed by atoms with E-state index in [0.29, 0.717) is 23.3 Å². The SMILES string of the molecule is CCCNC(=O)COc1ncnc2onc(-c3ccccc3)c12. The Labute approximate surface area is 132 Å². The van der Waals surface area contributed by atoms with E-state index in [2.05, 4.69) is 20.4 Å². The Hall–Kier alpha value is -2.96. The van der Waals surface area contributed by atoms with Crippen molar-refractivity contribution in [1.82, 2.24) is 20.4 Å². The van der Waals surface area contributed by atoms with Gasteiger partial charge in [0.15, 0.2) is 6.61 Å². The van der Waals surface area contributed by atoms with Crippen LogP contribution >= 0.6 is 0 Å². The summed E-state index contributed by atoms with van der Waals surface area (Å²) in [6.07, 6.45) is 2.19. The summed E-state index contributed by atoms with van der Waals surface area (Å²) in [5.41, 5.74) is 1.77. The summed E-state index contributed by atoms with van der Waals surface area (Å²) in [6, 6.07) is 9.53. The van der Waals surface area contributed by atoms with Gasteiger partial charge in [0.05, 0.1) is 0 Å². The molecule has 0 bridgehead atoms. The lowest BCUT2D eigenvalue weighted by Crippen LogP contribution is -2.29. The van der Waals surface area contributed by atoms with Gasteiger partial charge in [0.1, 0.15) is 17.4 Å². The molecule has 0 atom stereocenters. The molecule has 0 saturated heterocycles. The minimum Gasteiger partial charge on any atom is -0.467 e. The molecule has 0 aliphatic rings. The largest absolute Gasteiger partial charge is 0.467 e. The summed E-state index contributed by atoms with van der Waals surface area (Å²) in [5, 5.41) is 7.35. The maximum absolute atomic E-state index is 11.7. The number of benzene rings is 1. The molecule has 7 nitrogen and oxygen atoms in total. The average molecular weight is 312 g/mol. The summed E-state index contributed by atoms with van der Waals surface area (Å²) < 4.78 is 10.8. The van der Waals surface area contributed by atoms with Crippen LogP contribution in [0.5, 0.6) is 5.88 Å². The zero-order valence-corrected chi connectivity index (χ0v) is 12.7. The van der Waals surface area contributed by atoms with Crippen molar-refractivity contribution in [2.45, 2.75) is 13.3 Å². The van der Waals surface area contributed by atoms with Gasteiger partial charge in [-0.15, -0.1) is 0 Å². The van der Waals surface area contributed by atoms with E-state index in [1.165, 1.54) is 6.33 Å². The summed E-state index contributed by atoms with van der Waals surface area (Å²) in [6.45, 7) is 2.48. The van der Waals surface area contributed by atoms with E-state index in [1.54, 1.807) is 0 Å². The number of nitrogens with zero attached hydrogens (tertiary/aromatic N) is 3. The van der Waals surface area contributed by atoms with Crippen molar-refractivity contribution >= 4 is 17.0 Å². The molecule has 3 rings (SSSR count). The summed E-state index contributed by atoms with van der Waals surface area (Å²) >= 11 is 0. The van der Waals surface area contributed by atoms with Gasteiger partial charge < -0.3 is 14.6 Å². The fourth-order valence-corrected chi connectivity index (χ4v) is 2.11. The fourth-order valence-electron chi connectivity index (χ4n) is 2.11. The van der Waals surface area contributed by atoms with Crippen LogP contribution in [0.1, 0.15) is 13.3 Å². The number of hydrogen-bond donors (Lipinski definition) is 1. The van der Waals surface area contributed by atoms with Gasteiger partial charge in [-0.05, 0) is 6.42 Å². The highest BCUT2D eigenvalue weighted by molar-refractivity contribution is 5.93. The molecule has 0 fully saturated rings. The second kappa shape index (κ2) is 6.87. The monoisotopic (exact) mass is 312 g/mol.